The fourth-order valence-corrected chi connectivity index (χ4v) is 2.77. The molecule has 0 bridgehead atoms. The summed E-state index contributed by atoms with van der Waals surface area (Å²) < 4.78 is 12.1. The lowest BCUT2D eigenvalue weighted by Crippen LogP contribution is -2.10. The van der Waals surface area contributed by atoms with Crippen LogP contribution < -0.4 is 9.47 Å². The molecule has 3 aromatic rings. The van der Waals surface area contributed by atoms with Crippen molar-refractivity contribution in [1.82, 2.24) is 9.78 Å². The minimum absolute atomic E-state index is 0.137. The molecule has 0 aliphatic rings. The van der Waals surface area contributed by atoms with E-state index in [2.05, 4.69) is 5.10 Å². The number of benzene rings is 2. The van der Waals surface area contributed by atoms with Gasteiger partial charge in [0.2, 0.25) is 5.75 Å². The van der Waals surface area contributed by atoms with Gasteiger partial charge in [-0.15, -0.1) is 0 Å². The molecule has 0 radical (unpaired) electrons. The summed E-state index contributed by atoms with van der Waals surface area (Å²) in [6.45, 7) is 4.49. The van der Waals surface area contributed by atoms with Gasteiger partial charge < -0.3 is 9.47 Å². The average Bonchev–Trinajstić information content (AvgIpc) is 2.99. The van der Waals surface area contributed by atoms with Crippen LogP contribution >= 0.6 is 0 Å². The van der Waals surface area contributed by atoms with Gasteiger partial charge in [-0.2, -0.15) is 5.10 Å². The first kappa shape index (κ1) is 19.1. The Hall–Kier alpha value is -3.68. The number of nitrogens with zero attached hydrogens (tertiary/aromatic N) is 3. The summed E-state index contributed by atoms with van der Waals surface area (Å²) >= 11 is 0. The third kappa shape index (κ3) is 4.17. The van der Waals surface area contributed by atoms with Crippen LogP contribution in [0.2, 0.25) is 0 Å². The number of methoxy groups -OCH3 is 1. The van der Waals surface area contributed by atoms with Crippen molar-refractivity contribution < 1.29 is 19.2 Å². The van der Waals surface area contributed by atoms with Crippen LogP contribution in [0.1, 0.15) is 27.3 Å². The number of hydrogen-bond donors (Lipinski definition) is 0. The molecule has 3 rings (SSSR count). The molecule has 0 atom stereocenters. The van der Waals surface area contributed by atoms with Crippen molar-refractivity contribution in [2.24, 2.45) is 0 Å². The fourth-order valence-electron chi connectivity index (χ4n) is 2.77. The average molecular weight is 381 g/mol. The van der Waals surface area contributed by atoms with E-state index in [-0.39, 0.29) is 11.4 Å². The van der Waals surface area contributed by atoms with Crippen molar-refractivity contribution in [3.8, 4) is 11.5 Å². The lowest BCUT2D eigenvalue weighted by atomic mass is 10.1. The fraction of sp³-hybridized carbons (Fsp3) is 0.200. The summed E-state index contributed by atoms with van der Waals surface area (Å²) in [6.07, 6.45) is 0. The van der Waals surface area contributed by atoms with E-state index in [9.17, 15) is 14.9 Å². The Balaban J connectivity index is 1.75. The second-order valence-electron chi connectivity index (χ2n) is 6.26. The van der Waals surface area contributed by atoms with Crippen molar-refractivity contribution in [2.75, 3.05) is 7.11 Å². The maximum atomic E-state index is 12.4. The highest BCUT2D eigenvalue weighted by atomic mass is 16.6. The quantitative estimate of drug-likeness (QED) is 0.280. The number of aryl methyl sites for hydroxylation is 2. The van der Waals surface area contributed by atoms with Crippen LogP contribution in [-0.4, -0.2) is 27.8 Å². The zero-order valence-electron chi connectivity index (χ0n) is 15.7. The topological polar surface area (TPSA) is 96.5 Å². The summed E-state index contributed by atoms with van der Waals surface area (Å²) in [5.41, 5.74) is 2.92. The van der Waals surface area contributed by atoms with Crippen molar-refractivity contribution >= 4 is 11.7 Å². The van der Waals surface area contributed by atoms with E-state index in [0.29, 0.717) is 17.9 Å². The summed E-state index contributed by atoms with van der Waals surface area (Å²) in [4.78, 5) is 23.0. The zero-order chi connectivity index (χ0) is 20.3. The van der Waals surface area contributed by atoms with Crippen LogP contribution in [0.5, 0.6) is 11.5 Å². The lowest BCUT2D eigenvalue weighted by molar-refractivity contribution is -0.385. The van der Waals surface area contributed by atoms with Gasteiger partial charge in [0.25, 0.3) is 0 Å². The van der Waals surface area contributed by atoms with Crippen LogP contribution in [0.3, 0.4) is 0 Å². The molecule has 1 aromatic heterocycles. The molecule has 0 N–H and O–H groups in total. The molecule has 0 unspecified atom stereocenters. The Morgan fingerprint density at radius 1 is 1.14 bits per heavy atom. The van der Waals surface area contributed by atoms with Crippen LogP contribution in [-0.2, 0) is 6.54 Å². The standard InChI is InChI=1S/C20H19N3O5/c1-13-10-14(2)22(21-13)12-15-4-6-16(7-5-15)20(24)28-19-9-8-17(27-3)11-18(19)23(25)26/h4-11H,12H2,1-3H3. The molecular weight excluding hydrogens is 362 g/mol. The molecule has 0 aliphatic carbocycles. The monoisotopic (exact) mass is 381 g/mol. The van der Waals surface area contributed by atoms with Crippen LogP contribution in [0.25, 0.3) is 0 Å². The predicted octanol–water partition coefficient (Wildman–Crippen LogP) is 3.68. The van der Waals surface area contributed by atoms with E-state index in [0.717, 1.165) is 17.0 Å². The number of rotatable bonds is 6. The van der Waals surface area contributed by atoms with Gasteiger partial charge in [0.15, 0.2) is 0 Å². The third-order valence-electron chi connectivity index (χ3n) is 4.19. The highest BCUT2D eigenvalue weighted by Crippen LogP contribution is 2.31. The Bertz CT molecular complexity index is 1020. The minimum atomic E-state index is -0.675. The molecule has 0 amide bonds. The number of hydrogen-bond acceptors (Lipinski definition) is 6. The second-order valence-corrected chi connectivity index (χ2v) is 6.26. The van der Waals surface area contributed by atoms with Gasteiger partial charge in [0, 0.05) is 5.69 Å². The Morgan fingerprint density at radius 3 is 2.43 bits per heavy atom. The van der Waals surface area contributed by atoms with E-state index >= 15 is 0 Å². The summed E-state index contributed by atoms with van der Waals surface area (Å²) in [5.74, 6) is -0.506. The number of carbonyl (C=O) groups excluding carboxylic acids is 1. The Morgan fingerprint density at radius 2 is 1.86 bits per heavy atom. The second kappa shape index (κ2) is 7.91. The third-order valence-corrected chi connectivity index (χ3v) is 4.19. The van der Waals surface area contributed by atoms with Crippen LogP contribution in [0, 0.1) is 24.0 Å². The van der Waals surface area contributed by atoms with Gasteiger partial charge in [0.05, 0.1) is 35.9 Å². The zero-order valence-corrected chi connectivity index (χ0v) is 15.7. The molecule has 1 heterocycles. The van der Waals surface area contributed by atoms with Crippen LogP contribution in [0.15, 0.2) is 48.5 Å². The molecule has 28 heavy (non-hydrogen) atoms. The SMILES string of the molecule is COc1ccc(OC(=O)c2ccc(Cn3nc(C)cc3C)cc2)c([N+](=O)[O-])c1. The maximum Gasteiger partial charge on any atom is 0.343 e. The number of carbonyl (C=O) groups is 1. The van der Waals surface area contributed by atoms with E-state index in [1.54, 1.807) is 24.3 Å². The van der Waals surface area contributed by atoms with Gasteiger partial charge in [-0.05, 0) is 49.7 Å². The number of ether oxygens (including phenoxy) is 2. The Labute approximate surface area is 161 Å². The van der Waals surface area contributed by atoms with Gasteiger partial charge >= 0.3 is 11.7 Å². The van der Waals surface area contributed by atoms with Gasteiger partial charge in [-0.1, -0.05) is 12.1 Å². The molecule has 0 saturated carbocycles. The molecule has 0 saturated heterocycles. The number of nitro benzene ring substituents is 1. The minimum Gasteiger partial charge on any atom is -0.496 e. The first-order valence-corrected chi connectivity index (χ1v) is 8.52. The van der Waals surface area contributed by atoms with E-state index < -0.39 is 10.9 Å². The largest absolute Gasteiger partial charge is 0.496 e. The van der Waals surface area contributed by atoms with Crippen molar-refractivity contribution in [3.05, 3.63) is 81.2 Å². The summed E-state index contributed by atoms with van der Waals surface area (Å²) in [6, 6.07) is 12.9. The predicted molar refractivity (Wildman–Crippen MR) is 102 cm³/mol. The van der Waals surface area contributed by atoms with Crippen molar-refractivity contribution in [1.29, 1.82) is 0 Å². The Kier molecular flexibility index (Phi) is 5.39. The summed E-state index contributed by atoms with van der Waals surface area (Å²) in [7, 11) is 1.40. The summed E-state index contributed by atoms with van der Waals surface area (Å²) in [5, 5.41) is 15.6. The first-order valence-electron chi connectivity index (χ1n) is 8.52. The van der Waals surface area contributed by atoms with E-state index in [1.165, 1.54) is 25.3 Å². The number of aromatic nitrogens is 2. The number of esters is 1. The van der Waals surface area contributed by atoms with Gasteiger partial charge in [-0.3, -0.25) is 14.8 Å². The highest BCUT2D eigenvalue weighted by Gasteiger charge is 2.20. The smallest absolute Gasteiger partial charge is 0.343 e. The normalized spacial score (nSPS) is 10.5. The molecule has 0 aliphatic heterocycles. The van der Waals surface area contributed by atoms with Crippen molar-refractivity contribution in [3.63, 3.8) is 0 Å². The van der Waals surface area contributed by atoms with Gasteiger partial charge in [-0.25, -0.2) is 4.79 Å². The molecular formula is C20H19N3O5. The molecule has 144 valence electrons. The molecule has 8 nitrogen and oxygen atoms in total. The first-order chi connectivity index (χ1) is 13.4. The van der Waals surface area contributed by atoms with Gasteiger partial charge in [0.1, 0.15) is 5.75 Å². The lowest BCUT2D eigenvalue weighted by Gasteiger charge is -2.08. The van der Waals surface area contributed by atoms with E-state index in [1.807, 2.05) is 24.6 Å². The molecule has 0 fully saturated rings. The number of nitro groups is 1. The maximum absolute atomic E-state index is 12.4. The molecule has 2 aromatic carbocycles. The highest BCUT2D eigenvalue weighted by molar-refractivity contribution is 5.91. The molecule has 0 spiro atoms. The van der Waals surface area contributed by atoms with Crippen LogP contribution in [0.4, 0.5) is 5.69 Å². The van der Waals surface area contributed by atoms with E-state index in [4.69, 9.17) is 9.47 Å². The van der Waals surface area contributed by atoms with Crippen molar-refractivity contribution in [2.45, 2.75) is 20.4 Å². The molecule has 8 heteroatoms.